The van der Waals surface area contributed by atoms with Gasteiger partial charge in [0.25, 0.3) is 0 Å². The van der Waals surface area contributed by atoms with Gasteiger partial charge < -0.3 is 0 Å². The Bertz CT molecular complexity index is 529. The molecule has 0 fully saturated rings. The smallest absolute Gasteiger partial charge is 0.156 e. The van der Waals surface area contributed by atoms with E-state index in [1.807, 2.05) is 18.5 Å². The van der Waals surface area contributed by atoms with Crippen molar-refractivity contribution in [3.63, 3.8) is 0 Å². The highest BCUT2D eigenvalue weighted by Crippen LogP contribution is 1.94. The maximum absolute atomic E-state index is 4.28. The lowest BCUT2D eigenvalue weighted by Gasteiger charge is -2.15. The van der Waals surface area contributed by atoms with Crippen LogP contribution in [-0.4, -0.2) is 13.8 Å². The van der Waals surface area contributed by atoms with Crippen LogP contribution in [0.4, 0.5) is 0 Å². The van der Waals surface area contributed by atoms with Crippen molar-refractivity contribution in [2.24, 2.45) is 0 Å². The van der Waals surface area contributed by atoms with Gasteiger partial charge in [-0.05, 0) is 11.3 Å². The van der Waals surface area contributed by atoms with Gasteiger partial charge in [0.05, 0.1) is 0 Å². The summed E-state index contributed by atoms with van der Waals surface area (Å²) >= 11 is 0. The minimum atomic E-state index is -0.940. The molecule has 0 atom stereocenters. The summed E-state index contributed by atoms with van der Waals surface area (Å²) < 4.78 is 0. The summed E-state index contributed by atoms with van der Waals surface area (Å²) in [6, 6.07) is 25.6. The molecule has 0 N–H and O–H groups in total. The molecule has 0 saturated carbocycles. The molecule has 19 heavy (non-hydrogen) atoms. The molecular weight excluding hydrogens is 246 g/mol. The first kappa shape index (κ1) is 11.9. The first-order valence-electron chi connectivity index (χ1n) is 6.33. The SMILES string of the molecule is c1ccc([Si](c2ccccc2)c2cccnc2)cc1. The maximum atomic E-state index is 4.28. The minimum Gasteiger partial charge on any atom is -0.265 e. The van der Waals surface area contributed by atoms with E-state index in [4.69, 9.17) is 0 Å². The zero-order chi connectivity index (χ0) is 12.9. The topological polar surface area (TPSA) is 12.9 Å². The molecule has 0 spiro atoms. The van der Waals surface area contributed by atoms with Crippen LogP contribution in [0.2, 0.25) is 0 Å². The Morgan fingerprint density at radius 2 is 1.11 bits per heavy atom. The van der Waals surface area contributed by atoms with E-state index < -0.39 is 8.80 Å². The Morgan fingerprint density at radius 3 is 1.58 bits per heavy atom. The first-order valence-corrected chi connectivity index (χ1v) is 7.83. The van der Waals surface area contributed by atoms with E-state index in [0.29, 0.717) is 0 Å². The van der Waals surface area contributed by atoms with Crippen LogP contribution >= 0.6 is 0 Å². The lowest BCUT2D eigenvalue weighted by Crippen LogP contribution is -2.51. The van der Waals surface area contributed by atoms with Crippen molar-refractivity contribution in [3.05, 3.63) is 85.2 Å². The Labute approximate surface area is 115 Å². The van der Waals surface area contributed by atoms with Crippen LogP contribution in [-0.2, 0) is 0 Å². The van der Waals surface area contributed by atoms with Gasteiger partial charge in [0.1, 0.15) is 0 Å². The van der Waals surface area contributed by atoms with E-state index in [1.54, 1.807) is 0 Å². The van der Waals surface area contributed by atoms with Gasteiger partial charge >= 0.3 is 0 Å². The predicted octanol–water partition coefficient (Wildman–Crippen LogP) is 1.60. The van der Waals surface area contributed by atoms with Crippen molar-refractivity contribution in [1.82, 2.24) is 4.98 Å². The Hall–Kier alpha value is -2.19. The molecule has 1 nitrogen and oxygen atoms in total. The minimum absolute atomic E-state index is 0.940. The van der Waals surface area contributed by atoms with Crippen molar-refractivity contribution in [2.75, 3.05) is 0 Å². The zero-order valence-electron chi connectivity index (χ0n) is 10.5. The van der Waals surface area contributed by atoms with E-state index in [-0.39, 0.29) is 0 Å². The highest BCUT2D eigenvalue weighted by Gasteiger charge is 2.18. The molecular formula is C17H14NSi. The quantitative estimate of drug-likeness (QED) is 0.652. The van der Waals surface area contributed by atoms with Crippen LogP contribution in [0.5, 0.6) is 0 Å². The van der Waals surface area contributed by atoms with E-state index in [0.717, 1.165) is 0 Å². The fraction of sp³-hybridized carbons (Fsp3) is 0. The van der Waals surface area contributed by atoms with Crippen molar-refractivity contribution >= 4 is 24.4 Å². The van der Waals surface area contributed by atoms with E-state index in [1.165, 1.54) is 15.6 Å². The van der Waals surface area contributed by atoms with Crippen molar-refractivity contribution < 1.29 is 0 Å². The second-order valence-corrected chi connectivity index (χ2v) is 6.83. The zero-order valence-corrected chi connectivity index (χ0v) is 11.5. The molecule has 0 unspecified atom stereocenters. The van der Waals surface area contributed by atoms with Gasteiger partial charge in [0.15, 0.2) is 8.80 Å². The molecule has 3 rings (SSSR count). The number of rotatable bonds is 3. The Balaban J connectivity index is 2.12. The van der Waals surface area contributed by atoms with Gasteiger partial charge in [-0.3, -0.25) is 4.98 Å². The van der Waals surface area contributed by atoms with Crippen LogP contribution in [0.25, 0.3) is 0 Å². The molecule has 0 aliphatic heterocycles. The normalized spacial score (nSPS) is 10.6. The number of pyridine rings is 1. The number of benzene rings is 2. The van der Waals surface area contributed by atoms with Gasteiger partial charge in [0.2, 0.25) is 0 Å². The molecule has 1 radical (unpaired) electrons. The second kappa shape index (κ2) is 5.63. The third-order valence-corrected chi connectivity index (χ3v) is 5.77. The maximum Gasteiger partial charge on any atom is 0.156 e. The van der Waals surface area contributed by atoms with Crippen LogP contribution in [0.3, 0.4) is 0 Å². The molecule has 3 aromatic rings. The molecule has 0 bridgehead atoms. The summed E-state index contributed by atoms with van der Waals surface area (Å²) in [6.45, 7) is 0. The predicted molar refractivity (Wildman–Crippen MR) is 81.8 cm³/mol. The van der Waals surface area contributed by atoms with Crippen LogP contribution in [0, 0.1) is 0 Å². The largest absolute Gasteiger partial charge is 0.265 e. The van der Waals surface area contributed by atoms with Gasteiger partial charge in [-0.1, -0.05) is 77.1 Å². The molecule has 0 saturated heterocycles. The average Bonchev–Trinajstić information content (AvgIpc) is 2.51. The molecule has 0 aliphatic rings. The lowest BCUT2D eigenvalue weighted by atomic mass is 10.4. The van der Waals surface area contributed by atoms with E-state index >= 15 is 0 Å². The lowest BCUT2D eigenvalue weighted by molar-refractivity contribution is 1.35. The highest BCUT2D eigenvalue weighted by atomic mass is 28.3. The molecule has 91 valence electrons. The number of aromatic nitrogens is 1. The number of nitrogens with zero attached hydrogens (tertiary/aromatic N) is 1. The van der Waals surface area contributed by atoms with Crippen molar-refractivity contribution in [2.45, 2.75) is 0 Å². The average molecular weight is 260 g/mol. The van der Waals surface area contributed by atoms with Gasteiger partial charge in [-0.15, -0.1) is 0 Å². The molecule has 0 amide bonds. The fourth-order valence-corrected chi connectivity index (χ4v) is 4.74. The van der Waals surface area contributed by atoms with Gasteiger partial charge in [-0.2, -0.15) is 0 Å². The number of hydrogen-bond acceptors (Lipinski definition) is 1. The summed E-state index contributed by atoms with van der Waals surface area (Å²) in [6.07, 6.45) is 3.83. The van der Waals surface area contributed by atoms with Crippen LogP contribution in [0.15, 0.2) is 85.2 Å². The summed E-state index contributed by atoms with van der Waals surface area (Å²) in [5, 5.41) is 4.11. The molecule has 2 heteroatoms. The van der Waals surface area contributed by atoms with E-state index in [2.05, 4.69) is 71.7 Å². The second-order valence-electron chi connectivity index (χ2n) is 4.35. The summed E-state index contributed by atoms with van der Waals surface area (Å²) in [7, 11) is -0.940. The van der Waals surface area contributed by atoms with Gasteiger partial charge in [0, 0.05) is 12.4 Å². The highest BCUT2D eigenvalue weighted by molar-refractivity contribution is 6.95. The van der Waals surface area contributed by atoms with Crippen LogP contribution in [0.1, 0.15) is 0 Å². The third-order valence-electron chi connectivity index (χ3n) is 3.08. The van der Waals surface area contributed by atoms with Crippen LogP contribution < -0.4 is 15.6 Å². The molecule has 0 aliphatic carbocycles. The van der Waals surface area contributed by atoms with E-state index in [9.17, 15) is 0 Å². The number of hydrogen-bond donors (Lipinski definition) is 0. The first-order chi connectivity index (χ1) is 9.45. The standard InChI is InChI=1S/C17H14NSi/c1-3-8-15(9-4-1)19(16-10-5-2-6-11-16)17-12-7-13-18-14-17/h1-14H. The van der Waals surface area contributed by atoms with Crippen molar-refractivity contribution in [3.8, 4) is 0 Å². The third kappa shape index (κ3) is 2.64. The Morgan fingerprint density at radius 1 is 0.579 bits per heavy atom. The summed E-state index contributed by atoms with van der Waals surface area (Å²) in [5.41, 5.74) is 0. The van der Waals surface area contributed by atoms with Gasteiger partial charge in [-0.25, -0.2) is 0 Å². The Kier molecular flexibility index (Phi) is 3.52. The summed E-state index contributed by atoms with van der Waals surface area (Å²) in [4.78, 5) is 4.28. The summed E-state index contributed by atoms with van der Waals surface area (Å²) in [5.74, 6) is 0. The fourth-order valence-electron chi connectivity index (χ4n) is 2.22. The molecule has 2 aromatic carbocycles. The molecule has 1 heterocycles. The van der Waals surface area contributed by atoms with Crippen molar-refractivity contribution in [1.29, 1.82) is 0 Å². The molecule has 1 aromatic heterocycles. The monoisotopic (exact) mass is 260 g/mol.